The van der Waals surface area contributed by atoms with Crippen molar-refractivity contribution in [3.63, 3.8) is 0 Å². The number of halogens is 1. The lowest BCUT2D eigenvalue weighted by molar-refractivity contribution is -0.115. The maximum Gasteiger partial charge on any atom is 0.228 e. The van der Waals surface area contributed by atoms with Gasteiger partial charge in [0.25, 0.3) is 0 Å². The number of nitrogens with one attached hydrogen (secondary N) is 1. The number of aliphatic imine (C=N–C) groups is 1. The summed E-state index contributed by atoms with van der Waals surface area (Å²) in [7, 11) is 0. The summed E-state index contributed by atoms with van der Waals surface area (Å²) in [6.45, 7) is 6.20. The molecule has 0 fully saturated rings. The van der Waals surface area contributed by atoms with Crippen molar-refractivity contribution in [2.24, 2.45) is 4.99 Å². The Bertz CT molecular complexity index is 1110. The average molecular weight is 429 g/mol. The molecule has 0 saturated heterocycles. The minimum absolute atomic E-state index is 0.0488. The molecule has 4 rings (SSSR count). The molecule has 2 aliphatic heterocycles. The van der Waals surface area contributed by atoms with Crippen LogP contribution in [-0.2, 0) is 17.6 Å². The van der Waals surface area contributed by atoms with Gasteiger partial charge >= 0.3 is 0 Å². The first-order valence-corrected chi connectivity index (χ1v) is 11.2. The van der Waals surface area contributed by atoms with Gasteiger partial charge in [0.2, 0.25) is 5.91 Å². The van der Waals surface area contributed by atoms with Crippen LogP contribution in [0.1, 0.15) is 55.2 Å². The zero-order valence-corrected chi connectivity index (χ0v) is 18.5. The molecule has 32 heavy (non-hydrogen) atoms. The second-order valence-corrected chi connectivity index (χ2v) is 8.53. The number of allylic oxidation sites excluding steroid dienone is 5. The number of carbonyl (C=O) groups is 1. The highest BCUT2D eigenvalue weighted by Crippen LogP contribution is 2.32. The van der Waals surface area contributed by atoms with E-state index >= 15 is 0 Å². The SMILES string of the molecule is C=C[C@@H](CC1=C\CC\C=C(C)/C(CCc2ccc(F)cc2)=N/1)c1ccc2c(c1)CC(=O)N2. The van der Waals surface area contributed by atoms with Crippen molar-refractivity contribution < 1.29 is 9.18 Å². The summed E-state index contributed by atoms with van der Waals surface area (Å²) < 4.78 is 13.2. The van der Waals surface area contributed by atoms with Gasteiger partial charge in [0.1, 0.15) is 5.82 Å². The molecular weight excluding hydrogens is 399 g/mol. The van der Waals surface area contributed by atoms with Crippen molar-refractivity contribution in [3.8, 4) is 0 Å². The minimum Gasteiger partial charge on any atom is -0.326 e. The van der Waals surface area contributed by atoms with Crippen LogP contribution in [0.2, 0.25) is 0 Å². The summed E-state index contributed by atoms with van der Waals surface area (Å²) in [6.07, 6.45) is 11.3. The lowest BCUT2D eigenvalue weighted by atomic mass is 9.91. The maximum absolute atomic E-state index is 13.2. The first-order chi connectivity index (χ1) is 15.5. The van der Waals surface area contributed by atoms with E-state index in [1.54, 1.807) is 0 Å². The summed E-state index contributed by atoms with van der Waals surface area (Å²) in [4.78, 5) is 16.8. The zero-order valence-electron chi connectivity index (χ0n) is 18.5. The normalized spacial score (nSPS) is 21.6. The second kappa shape index (κ2) is 9.90. The first-order valence-electron chi connectivity index (χ1n) is 11.2. The van der Waals surface area contributed by atoms with Crippen LogP contribution >= 0.6 is 0 Å². The number of fused-ring (bicyclic) bond motifs is 1. The van der Waals surface area contributed by atoms with Crippen LogP contribution in [0.15, 0.2) is 83.5 Å². The molecule has 2 aromatic carbocycles. The molecule has 1 N–H and O–H groups in total. The first kappa shape index (κ1) is 21.9. The number of hydrogen-bond donors (Lipinski definition) is 1. The van der Waals surface area contributed by atoms with Crippen molar-refractivity contribution in [3.05, 3.63) is 101 Å². The van der Waals surface area contributed by atoms with Gasteiger partial charge in [-0.15, -0.1) is 6.58 Å². The highest BCUT2D eigenvalue weighted by atomic mass is 19.1. The Morgan fingerprint density at radius 2 is 1.91 bits per heavy atom. The van der Waals surface area contributed by atoms with Gasteiger partial charge in [-0.3, -0.25) is 9.79 Å². The molecule has 1 amide bonds. The number of aryl methyl sites for hydroxylation is 1. The monoisotopic (exact) mass is 428 g/mol. The summed E-state index contributed by atoms with van der Waals surface area (Å²) >= 11 is 0. The van der Waals surface area contributed by atoms with E-state index in [-0.39, 0.29) is 17.6 Å². The Morgan fingerprint density at radius 3 is 2.69 bits per heavy atom. The van der Waals surface area contributed by atoms with E-state index < -0.39 is 0 Å². The van der Waals surface area contributed by atoms with Crippen LogP contribution in [0.25, 0.3) is 0 Å². The van der Waals surface area contributed by atoms with Gasteiger partial charge in [-0.05, 0) is 79.5 Å². The Balaban J connectivity index is 1.52. The van der Waals surface area contributed by atoms with Gasteiger partial charge < -0.3 is 5.32 Å². The van der Waals surface area contributed by atoms with Crippen LogP contribution in [0.3, 0.4) is 0 Å². The number of anilines is 1. The van der Waals surface area contributed by atoms with E-state index in [0.29, 0.717) is 6.42 Å². The number of rotatable bonds is 7. The third kappa shape index (κ3) is 5.31. The molecule has 2 heterocycles. The molecule has 3 nitrogen and oxygen atoms in total. The van der Waals surface area contributed by atoms with E-state index in [1.165, 1.54) is 17.7 Å². The molecule has 0 aliphatic carbocycles. The van der Waals surface area contributed by atoms with E-state index in [4.69, 9.17) is 4.99 Å². The second-order valence-electron chi connectivity index (χ2n) is 8.53. The van der Waals surface area contributed by atoms with Crippen molar-refractivity contribution in [1.82, 2.24) is 0 Å². The zero-order chi connectivity index (χ0) is 22.5. The molecule has 0 saturated carbocycles. The van der Waals surface area contributed by atoms with Gasteiger partial charge in [0, 0.05) is 23.0 Å². The molecule has 164 valence electrons. The van der Waals surface area contributed by atoms with Crippen molar-refractivity contribution >= 4 is 17.3 Å². The highest BCUT2D eigenvalue weighted by molar-refractivity contribution is 6.00. The number of benzene rings is 2. The number of amides is 1. The molecule has 0 aromatic heterocycles. The Kier molecular flexibility index (Phi) is 6.79. The topological polar surface area (TPSA) is 41.5 Å². The van der Waals surface area contributed by atoms with Crippen LogP contribution < -0.4 is 5.32 Å². The van der Waals surface area contributed by atoms with E-state index in [2.05, 4.69) is 43.1 Å². The molecule has 0 radical (unpaired) electrons. The van der Waals surface area contributed by atoms with E-state index in [1.807, 2.05) is 24.3 Å². The van der Waals surface area contributed by atoms with Crippen LogP contribution in [0, 0.1) is 5.82 Å². The Labute approximate surface area is 189 Å². The minimum atomic E-state index is -0.208. The largest absolute Gasteiger partial charge is 0.326 e. The Hall–Kier alpha value is -3.27. The molecule has 0 spiro atoms. The fraction of sp³-hybridized carbons (Fsp3) is 0.286. The Morgan fingerprint density at radius 1 is 1.12 bits per heavy atom. The average Bonchev–Trinajstić information content (AvgIpc) is 3.16. The highest BCUT2D eigenvalue weighted by Gasteiger charge is 2.20. The summed E-state index contributed by atoms with van der Waals surface area (Å²) in [5, 5.41) is 2.89. The third-order valence-electron chi connectivity index (χ3n) is 6.19. The molecule has 1 atom stereocenters. The predicted octanol–water partition coefficient (Wildman–Crippen LogP) is 6.68. The van der Waals surface area contributed by atoms with Crippen molar-refractivity contribution in [1.29, 1.82) is 0 Å². The molecule has 0 bridgehead atoms. The fourth-order valence-corrected chi connectivity index (χ4v) is 4.31. The van der Waals surface area contributed by atoms with Crippen molar-refractivity contribution in [2.45, 2.75) is 51.4 Å². The molecular formula is C28H29FN2O. The summed E-state index contributed by atoms with van der Waals surface area (Å²) in [5.74, 6) is -0.0266. The fourth-order valence-electron chi connectivity index (χ4n) is 4.31. The third-order valence-corrected chi connectivity index (χ3v) is 6.19. The number of nitrogens with zero attached hydrogens (tertiary/aromatic N) is 1. The summed E-state index contributed by atoms with van der Waals surface area (Å²) in [6, 6.07) is 12.9. The van der Waals surface area contributed by atoms with Crippen LogP contribution in [0.5, 0.6) is 0 Å². The smallest absolute Gasteiger partial charge is 0.228 e. The van der Waals surface area contributed by atoms with Gasteiger partial charge in [0.15, 0.2) is 0 Å². The van der Waals surface area contributed by atoms with E-state index in [0.717, 1.165) is 65.9 Å². The number of carbonyl (C=O) groups excluding carboxylic acids is 1. The maximum atomic E-state index is 13.2. The molecule has 4 heteroatoms. The predicted molar refractivity (Wildman–Crippen MR) is 130 cm³/mol. The van der Waals surface area contributed by atoms with Gasteiger partial charge in [-0.25, -0.2) is 4.39 Å². The molecule has 2 aliphatic rings. The lowest BCUT2D eigenvalue weighted by Gasteiger charge is -2.17. The quantitative estimate of drug-likeness (QED) is 0.491. The molecule has 0 unspecified atom stereocenters. The molecule has 2 aromatic rings. The van der Waals surface area contributed by atoms with Crippen LogP contribution in [0.4, 0.5) is 10.1 Å². The van der Waals surface area contributed by atoms with Crippen LogP contribution in [-0.4, -0.2) is 11.6 Å². The van der Waals surface area contributed by atoms with Gasteiger partial charge in [0.05, 0.1) is 6.42 Å². The van der Waals surface area contributed by atoms with Gasteiger partial charge in [-0.2, -0.15) is 0 Å². The van der Waals surface area contributed by atoms with Gasteiger partial charge in [-0.1, -0.05) is 42.5 Å². The van der Waals surface area contributed by atoms with E-state index in [9.17, 15) is 9.18 Å². The standard InChI is InChI=1S/C28H29FN2O/c1-3-21(22-11-15-27-23(16-22)18-28(32)31-27)17-25-7-5-4-6-19(2)26(30-25)14-10-20-8-12-24(29)13-9-20/h3,6-9,11-13,15-16,21H,1,4-5,10,14,17-18H2,2H3,(H,31,32)/b19-6-,25-7-,30-26+/t21-/m0/s1. The van der Waals surface area contributed by atoms with Crippen molar-refractivity contribution in [2.75, 3.05) is 5.32 Å². The summed E-state index contributed by atoms with van der Waals surface area (Å²) in [5.41, 5.74) is 7.61. The number of hydrogen-bond acceptors (Lipinski definition) is 2. The lowest BCUT2D eigenvalue weighted by Crippen LogP contribution is -2.07.